The van der Waals surface area contributed by atoms with Crippen LogP contribution in [-0.4, -0.2) is 22.1 Å². The van der Waals surface area contributed by atoms with Gasteiger partial charge in [-0.05, 0) is 29.3 Å². The van der Waals surface area contributed by atoms with Crippen LogP contribution in [0.1, 0.15) is 11.1 Å². The Morgan fingerprint density at radius 1 is 1.17 bits per heavy atom. The molecule has 0 aliphatic rings. The number of fused-ring (bicyclic) bond motifs is 1. The summed E-state index contributed by atoms with van der Waals surface area (Å²) < 4.78 is 0. The van der Waals surface area contributed by atoms with Gasteiger partial charge in [-0.25, -0.2) is 0 Å². The van der Waals surface area contributed by atoms with Crippen LogP contribution >= 0.6 is 23.2 Å². The molecule has 0 unspecified atom stereocenters. The number of aromatic nitrogens is 1. The van der Waals surface area contributed by atoms with Crippen molar-refractivity contribution in [2.45, 2.75) is 19.0 Å². The molecular weight excluding hydrogens is 347 g/mol. The van der Waals surface area contributed by atoms with E-state index in [0.717, 1.165) is 22.0 Å². The Hall–Kier alpha value is -2.01. The molecule has 0 fully saturated rings. The molecule has 0 amide bonds. The average Bonchev–Trinajstić information content (AvgIpc) is 2.97. The third-order valence-corrected chi connectivity index (χ3v) is 4.67. The van der Waals surface area contributed by atoms with Crippen LogP contribution in [0, 0.1) is 0 Å². The molecule has 24 heavy (non-hydrogen) atoms. The summed E-state index contributed by atoms with van der Waals surface area (Å²) in [4.78, 5) is 14.8. The lowest BCUT2D eigenvalue weighted by Gasteiger charge is -2.14. The van der Waals surface area contributed by atoms with E-state index in [1.807, 2.05) is 36.5 Å². The van der Waals surface area contributed by atoms with Crippen molar-refractivity contribution in [1.29, 1.82) is 0 Å². The van der Waals surface area contributed by atoms with Gasteiger partial charge in [0.15, 0.2) is 0 Å². The molecule has 0 aliphatic heterocycles. The predicted molar refractivity (Wildman–Crippen MR) is 96.7 cm³/mol. The SMILES string of the molecule is O=C(O)[C@H](Cc1c[nH]c2ccccc12)NCc1ccc(Cl)c(Cl)c1. The average molecular weight is 363 g/mol. The molecule has 0 saturated heterocycles. The fourth-order valence-corrected chi connectivity index (χ4v) is 2.98. The molecule has 3 aromatic rings. The van der Waals surface area contributed by atoms with Crippen LogP contribution in [0.25, 0.3) is 10.9 Å². The van der Waals surface area contributed by atoms with Crippen LogP contribution in [0.4, 0.5) is 0 Å². The largest absolute Gasteiger partial charge is 0.480 e. The summed E-state index contributed by atoms with van der Waals surface area (Å²) >= 11 is 11.9. The Morgan fingerprint density at radius 2 is 1.96 bits per heavy atom. The summed E-state index contributed by atoms with van der Waals surface area (Å²) in [7, 11) is 0. The standard InChI is InChI=1S/C18H16Cl2N2O2/c19-14-6-5-11(7-15(14)20)9-21-17(18(23)24)8-12-10-22-16-4-2-1-3-13(12)16/h1-7,10,17,21-22H,8-9H2,(H,23,24)/t17-/m0/s1. The minimum atomic E-state index is -0.889. The quantitative estimate of drug-likeness (QED) is 0.613. The van der Waals surface area contributed by atoms with Crippen LogP contribution in [0.2, 0.25) is 10.0 Å². The zero-order valence-corrected chi connectivity index (χ0v) is 14.2. The summed E-state index contributed by atoms with van der Waals surface area (Å²) in [6.45, 7) is 0.399. The third kappa shape index (κ3) is 3.73. The van der Waals surface area contributed by atoms with Crippen LogP contribution in [0.15, 0.2) is 48.7 Å². The topological polar surface area (TPSA) is 65.1 Å². The number of para-hydroxylation sites is 1. The van der Waals surface area contributed by atoms with E-state index in [1.165, 1.54) is 0 Å². The molecule has 3 rings (SSSR count). The second kappa shape index (κ2) is 7.26. The van der Waals surface area contributed by atoms with Gasteiger partial charge in [0.1, 0.15) is 6.04 Å². The highest BCUT2D eigenvalue weighted by Gasteiger charge is 2.19. The lowest BCUT2D eigenvalue weighted by Crippen LogP contribution is -2.38. The minimum absolute atomic E-state index is 0.390. The molecule has 1 aromatic heterocycles. The van der Waals surface area contributed by atoms with Crippen molar-refractivity contribution in [2.24, 2.45) is 0 Å². The highest BCUT2D eigenvalue weighted by Crippen LogP contribution is 2.23. The number of carboxylic acid groups (broad SMARTS) is 1. The van der Waals surface area contributed by atoms with E-state index in [9.17, 15) is 9.90 Å². The number of hydrogen-bond donors (Lipinski definition) is 3. The van der Waals surface area contributed by atoms with E-state index in [0.29, 0.717) is 23.0 Å². The molecule has 3 N–H and O–H groups in total. The predicted octanol–water partition coefficient (Wildman–Crippen LogP) is 4.26. The van der Waals surface area contributed by atoms with Gasteiger partial charge in [-0.2, -0.15) is 0 Å². The van der Waals surface area contributed by atoms with Gasteiger partial charge in [0.25, 0.3) is 0 Å². The van der Waals surface area contributed by atoms with Crippen molar-refractivity contribution in [3.05, 3.63) is 69.8 Å². The van der Waals surface area contributed by atoms with Gasteiger partial charge >= 0.3 is 5.97 Å². The van der Waals surface area contributed by atoms with E-state index in [4.69, 9.17) is 23.2 Å². The first-order valence-electron chi connectivity index (χ1n) is 7.49. The minimum Gasteiger partial charge on any atom is -0.480 e. The number of nitrogens with one attached hydrogen (secondary N) is 2. The van der Waals surface area contributed by atoms with E-state index < -0.39 is 12.0 Å². The van der Waals surface area contributed by atoms with Gasteiger partial charge in [0.05, 0.1) is 10.0 Å². The van der Waals surface area contributed by atoms with Crippen molar-refractivity contribution >= 4 is 40.1 Å². The van der Waals surface area contributed by atoms with Crippen LogP contribution < -0.4 is 5.32 Å². The summed E-state index contributed by atoms with van der Waals surface area (Å²) in [6.07, 6.45) is 2.25. The van der Waals surface area contributed by atoms with Gasteiger partial charge in [0, 0.05) is 30.1 Å². The number of aromatic amines is 1. The van der Waals surface area contributed by atoms with Gasteiger partial charge in [-0.1, -0.05) is 47.5 Å². The highest BCUT2D eigenvalue weighted by atomic mass is 35.5. The number of halogens is 2. The fourth-order valence-electron chi connectivity index (χ4n) is 2.66. The molecule has 2 aromatic carbocycles. The van der Waals surface area contributed by atoms with E-state index in [1.54, 1.807) is 12.1 Å². The third-order valence-electron chi connectivity index (χ3n) is 3.93. The lowest BCUT2D eigenvalue weighted by molar-refractivity contribution is -0.139. The Labute approximate surface area is 149 Å². The van der Waals surface area contributed by atoms with Crippen molar-refractivity contribution in [3.8, 4) is 0 Å². The zero-order valence-electron chi connectivity index (χ0n) is 12.7. The van der Waals surface area contributed by atoms with E-state index in [-0.39, 0.29) is 0 Å². The van der Waals surface area contributed by atoms with Crippen molar-refractivity contribution < 1.29 is 9.90 Å². The first-order chi connectivity index (χ1) is 11.5. The Morgan fingerprint density at radius 3 is 2.71 bits per heavy atom. The number of benzene rings is 2. The maximum atomic E-state index is 11.6. The van der Waals surface area contributed by atoms with Crippen molar-refractivity contribution in [1.82, 2.24) is 10.3 Å². The number of hydrogen-bond acceptors (Lipinski definition) is 2. The van der Waals surface area contributed by atoms with Gasteiger partial charge < -0.3 is 15.4 Å². The monoisotopic (exact) mass is 362 g/mol. The molecule has 0 bridgehead atoms. The normalized spacial score (nSPS) is 12.4. The van der Waals surface area contributed by atoms with E-state index in [2.05, 4.69) is 10.3 Å². The molecule has 4 nitrogen and oxygen atoms in total. The molecular formula is C18H16Cl2N2O2. The number of carboxylic acids is 1. The Bertz CT molecular complexity index is 876. The molecule has 0 radical (unpaired) electrons. The molecule has 1 heterocycles. The number of rotatable bonds is 6. The summed E-state index contributed by atoms with van der Waals surface area (Å²) in [5, 5.41) is 14.6. The van der Waals surface area contributed by atoms with Crippen LogP contribution in [0.5, 0.6) is 0 Å². The van der Waals surface area contributed by atoms with Gasteiger partial charge in [-0.3, -0.25) is 4.79 Å². The van der Waals surface area contributed by atoms with Gasteiger partial charge in [-0.15, -0.1) is 0 Å². The zero-order chi connectivity index (χ0) is 17.1. The number of H-pyrrole nitrogens is 1. The van der Waals surface area contributed by atoms with Crippen molar-refractivity contribution in [2.75, 3.05) is 0 Å². The van der Waals surface area contributed by atoms with Crippen LogP contribution in [-0.2, 0) is 17.8 Å². The fraction of sp³-hybridized carbons (Fsp3) is 0.167. The molecule has 6 heteroatoms. The smallest absolute Gasteiger partial charge is 0.321 e. The second-order valence-electron chi connectivity index (χ2n) is 5.58. The maximum Gasteiger partial charge on any atom is 0.321 e. The Kier molecular flexibility index (Phi) is 5.09. The maximum absolute atomic E-state index is 11.6. The lowest BCUT2D eigenvalue weighted by atomic mass is 10.0. The first-order valence-corrected chi connectivity index (χ1v) is 8.25. The first kappa shape index (κ1) is 16.8. The Balaban J connectivity index is 1.73. The molecule has 1 atom stereocenters. The second-order valence-corrected chi connectivity index (χ2v) is 6.40. The number of aliphatic carboxylic acids is 1. The highest BCUT2D eigenvalue weighted by molar-refractivity contribution is 6.42. The molecule has 0 spiro atoms. The summed E-state index contributed by atoms with van der Waals surface area (Å²) in [5.41, 5.74) is 2.86. The summed E-state index contributed by atoms with van der Waals surface area (Å²) in [6, 6.07) is 12.4. The van der Waals surface area contributed by atoms with E-state index >= 15 is 0 Å². The number of carbonyl (C=O) groups is 1. The van der Waals surface area contributed by atoms with Gasteiger partial charge in [0.2, 0.25) is 0 Å². The van der Waals surface area contributed by atoms with Crippen LogP contribution in [0.3, 0.4) is 0 Å². The van der Waals surface area contributed by atoms with Crippen molar-refractivity contribution in [3.63, 3.8) is 0 Å². The molecule has 0 aliphatic carbocycles. The summed E-state index contributed by atoms with van der Waals surface area (Å²) in [5.74, 6) is -0.889. The molecule has 124 valence electrons. The molecule has 0 saturated carbocycles.